The maximum atomic E-state index is 13.0. The lowest BCUT2D eigenvalue weighted by Gasteiger charge is -2.15. The highest BCUT2D eigenvalue weighted by Gasteiger charge is 2.32. The number of benzene rings is 2. The molecule has 4 rings (SSSR count). The molecule has 0 radical (unpaired) electrons. The Balaban J connectivity index is 1.52. The molecule has 168 valence electrons. The topological polar surface area (TPSA) is 75.2 Å². The van der Waals surface area contributed by atoms with Gasteiger partial charge >= 0.3 is 6.18 Å². The molecule has 2 aromatic carbocycles. The third kappa shape index (κ3) is 4.81. The number of nitrogens with one attached hydrogen (secondary N) is 1. The molecule has 1 aliphatic rings. The summed E-state index contributed by atoms with van der Waals surface area (Å²) < 4.78 is 66.4. The molecule has 1 aromatic heterocycles. The summed E-state index contributed by atoms with van der Waals surface area (Å²) in [7, 11) is -4.33. The van der Waals surface area contributed by atoms with Gasteiger partial charge in [-0.25, -0.2) is 8.42 Å². The molecule has 0 atom stereocenters. The predicted molar refractivity (Wildman–Crippen MR) is 116 cm³/mol. The average molecular weight is 483 g/mol. The fraction of sp³-hybridized carbons (Fsp3) is 0.238. The fourth-order valence-corrected chi connectivity index (χ4v) is 4.98. The van der Waals surface area contributed by atoms with E-state index in [0.29, 0.717) is 17.3 Å². The van der Waals surface area contributed by atoms with E-state index < -0.39 is 26.7 Å². The van der Waals surface area contributed by atoms with Crippen LogP contribution >= 0.6 is 11.6 Å². The van der Waals surface area contributed by atoms with E-state index in [-0.39, 0.29) is 10.7 Å². The van der Waals surface area contributed by atoms with Gasteiger partial charge in [-0.1, -0.05) is 23.7 Å². The summed E-state index contributed by atoms with van der Waals surface area (Å²) in [6.07, 6.45) is -2.43. The molecule has 0 spiro atoms. The summed E-state index contributed by atoms with van der Waals surface area (Å²) in [5.41, 5.74) is 0.395. The Bertz CT molecular complexity index is 1210. The van der Waals surface area contributed by atoms with Crippen molar-refractivity contribution in [2.24, 2.45) is 0 Å². The Morgan fingerprint density at radius 2 is 1.62 bits per heavy atom. The van der Waals surface area contributed by atoms with Gasteiger partial charge in [-0.2, -0.15) is 13.2 Å². The second-order valence-corrected chi connectivity index (χ2v) is 9.35. The van der Waals surface area contributed by atoms with E-state index in [0.717, 1.165) is 43.9 Å². The highest BCUT2D eigenvalue weighted by atomic mass is 35.5. The predicted octanol–water partition coefficient (Wildman–Crippen LogP) is 5.22. The first-order valence-electron chi connectivity index (χ1n) is 9.72. The molecule has 3 aromatic rings. The molecule has 2 heterocycles. The molecule has 6 nitrogen and oxygen atoms in total. The first kappa shape index (κ1) is 22.3. The highest BCUT2D eigenvalue weighted by molar-refractivity contribution is 7.92. The number of hydrogen-bond donors (Lipinski definition) is 1. The van der Waals surface area contributed by atoms with Gasteiger partial charge in [0.2, 0.25) is 0 Å². The van der Waals surface area contributed by atoms with E-state index in [4.69, 9.17) is 11.6 Å². The van der Waals surface area contributed by atoms with Crippen molar-refractivity contribution in [1.82, 2.24) is 10.2 Å². The van der Waals surface area contributed by atoms with Gasteiger partial charge in [0.1, 0.15) is 4.90 Å². The van der Waals surface area contributed by atoms with Crippen LogP contribution in [-0.4, -0.2) is 31.7 Å². The van der Waals surface area contributed by atoms with Gasteiger partial charge in [0.15, 0.2) is 5.82 Å². The lowest BCUT2D eigenvalue weighted by atomic mass is 10.1. The summed E-state index contributed by atoms with van der Waals surface area (Å²) >= 11 is 5.86. The number of nitrogens with zero attached hydrogens (tertiary/aromatic N) is 3. The van der Waals surface area contributed by atoms with E-state index in [1.807, 2.05) is 12.1 Å². The smallest absolute Gasteiger partial charge is 0.355 e. The molecule has 0 unspecified atom stereocenters. The molecular weight excluding hydrogens is 465 g/mol. The Kier molecular flexibility index (Phi) is 6.00. The molecule has 11 heteroatoms. The van der Waals surface area contributed by atoms with Gasteiger partial charge in [-0.15, -0.1) is 10.2 Å². The largest absolute Gasteiger partial charge is 0.416 e. The quantitative estimate of drug-likeness (QED) is 0.540. The van der Waals surface area contributed by atoms with Gasteiger partial charge in [-0.05, 0) is 55.3 Å². The van der Waals surface area contributed by atoms with E-state index in [1.165, 1.54) is 12.1 Å². The molecule has 0 saturated carbocycles. The lowest BCUT2D eigenvalue weighted by molar-refractivity contribution is -0.137. The molecule has 1 saturated heterocycles. The number of anilines is 2. The average Bonchev–Trinajstić information content (AvgIpc) is 3.28. The van der Waals surface area contributed by atoms with Gasteiger partial charge in [0.05, 0.1) is 16.3 Å². The zero-order chi connectivity index (χ0) is 22.9. The number of sulfonamides is 1. The molecule has 32 heavy (non-hydrogen) atoms. The first-order chi connectivity index (χ1) is 15.1. The van der Waals surface area contributed by atoms with Crippen molar-refractivity contribution >= 4 is 33.1 Å². The Morgan fingerprint density at radius 3 is 2.22 bits per heavy atom. The van der Waals surface area contributed by atoms with E-state index in [1.54, 1.807) is 12.1 Å². The van der Waals surface area contributed by atoms with Crippen LogP contribution in [0.25, 0.3) is 11.3 Å². The van der Waals surface area contributed by atoms with Crippen molar-refractivity contribution in [3.63, 3.8) is 0 Å². The van der Waals surface area contributed by atoms with Crippen LogP contribution in [0.4, 0.5) is 24.7 Å². The maximum Gasteiger partial charge on any atom is 0.416 e. The molecule has 0 bridgehead atoms. The fourth-order valence-electron chi connectivity index (χ4n) is 3.40. The highest BCUT2D eigenvalue weighted by Crippen LogP contribution is 2.34. The molecule has 1 fully saturated rings. The van der Waals surface area contributed by atoms with Gasteiger partial charge in [-0.3, -0.25) is 4.72 Å². The summed E-state index contributed by atoms with van der Waals surface area (Å²) in [5, 5.41) is 8.18. The standard InChI is InChI=1S/C21H18ClF3N4O2S/c22-17-8-5-15(21(23,24)25)13-19(17)32(30,31)28-16-6-3-14(4-7-16)18-9-10-20(27-26-18)29-11-1-2-12-29/h3-10,13,28H,1-2,11-12H2. The number of rotatable bonds is 5. The summed E-state index contributed by atoms with van der Waals surface area (Å²) in [6, 6.07) is 12.1. The molecule has 1 aliphatic heterocycles. The van der Waals surface area contributed by atoms with Gasteiger partial charge < -0.3 is 4.90 Å². The minimum atomic E-state index is -4.69. The van der Waals surface area contributed by atoms with Crippen LogP contribution in [0.15, 0.2) is 59.5 Å². The van der Waals surface area contributed by atoms with Gasteiger partial charge in [0.25, 0.3) is 10.0 Å². The van der Waals surface area contributed by atoms with E-state index >= 15 is 0 Å². The second-order valence-electron chi connectivity index (χ2n) is 7.30. The Labute approximate surface area is 188 Å². The Hall–Kier alpha value is -2.85. The van der Waals surface area contributed by atoms with Crippen molar-refractivity contribution in [1.29, 1.82) is 0 Å². The van der Waals surface area contributed by atoms with Crippen LogP contribution in [0, 0.1) is 0 Å². The van der Waals surface area contributed by atoms with Crippen molar-refractivity contribution in [2.75, 3.05) is 22.7 Å². The number of aromatic nitrogens is 2. The van der Waals surface area contributed by atoms with Crippen LogP contribution in [0.5, 0.6) is 0 Å². The number of alkyl halides is 3. The van der Waals surface area contributed by atoms with Crippen molar-refractivity contribution < 1.29 is 21.6 Å². The minimum absolute atomic E-state index is 0.170. The van der Waals surface area contributed by atoms with Crippen molar-refractivity contribution in [3.8, 4) is 11.3 Å². The normalized spacial score (nSPS) is 14.6. The second kappa shape index (κ2) is 8.59. The third-order valence-electron chi connectivity index (χ3n) is 5.06. The summed E-state index contributed by atoms with van der Waals surface area (Å²) in [5.74, 6) is 0.814. The van der Waals surface area contributed by atoms with Crippen molar-refractivity contribution in [2.45, 2.75) is 23.9 Å². The number of halogens is 4. The van der Waals surface area contributed by atoms with E-state index in [2.05, 4.69) is 19.8 Å². The maximum absolute atomic E-state index is 13.0. The monoisotopic (exact) mass is 482 g/mol. The van der Waals surface area contributed by atoms with Crippen LogP contribution in [0.2, 0.25) is 5.02 Å². The van der Waals surface area contributed by atoms with Crippen molar-refractivity contribution in [3.05, 3.63) is 65.2 Å². The molecule has 0 aliphatic carbocycles. The summed E-state index contributed by atoms with van der Waals surface area (Å²) in [6.45, 7) is 1.91. The third-order valence-corrected chi connectivity index (χ3v) is 6.92. The number of hydrogen-bond acceptors (Lipinski definition) is 5. The SMILES string of the molecule is O=S(=O)(Nc1ccc(-c2ccc(N3CCCC3)nn2)cc1)c1cc(C(F)(F)F)ccc1Cl. The van der Waals surface area contributed by atoms with Gasteiger partial charge in [0, 0.05) is 24.3 Å². The molecule has 1 N–H and O–H groups in total. The van der Waals surface area contributed by atoms with Crippen LogP contribution < -0.4 is 9.62 Å². The van der Waals surface area contributed by atoms with Crippen LogP contribution in [-0.2, 0) is 16.2 Å². The molecule has 0 amide bonds. The lowest BCUT2D eigenvalue weighted by Crippen LogP contribution is -2.19. The Morgan fingerprint density at radius 1 is 0.938 bits per heavy atom. The zero-order valence-electron chi connectivity index (χ0n) is 16.6. The molecular formula is C21H18ClF3N4O2S. The summed E-state index contributed by atoms with van der Waals surface area (Å²) in [4.78, 5) is 1.51. The first-order valence-corrected chi connectivity index (χ1v) is 11.6. The van der Waals surface area contributed by atoms with Crippen LogP contribution in [0.3, 0.4) is 0 Å². The van der Waals surface area contributed by atoms with E-state index in [9.17, 15) is 21.6 Å². The minimum Gasteiger partial charge on any atom is -0.355 e. The van der Waals surface area contributed by atoms with Crippen LogP contribution in [0.1, 0.15) is 18.4 Å². The zero-order valence-corrected chi connectivity index (χ0v) is 18.2.